The van der Waals surface area contributed by atoms with Crippen molar-refractivity contribution in [3.8, 4) is 0 Å². The van der Waals surface area contributed by atoms with Crippen LogP contribution in [0.25, 0.3) is 0 Å². The molecule has 0 aromatic rings. The molecule has 0 rings (SSSR count). The van der Waals surface area contributed by atoms with Crippen LogP contribution in [0, 0.1) is 0 Å². The number of hydrogen-bond donors (Lipinski definition) is 2. The number of rotatable bonds is 46. The Hall–Kier alpha value is -2.00. The van der Waals surface area contributed by atoms with Gasteiger partial charge in [-0.05, 0) is 51.4 Å². The molecule has 0 radical (unpaired) electrons. The van der Waals surface area contributed by atoms with E-state index in [2.05, 4.69) is 50.4 Å². The summed E-state index contributed by atoms with van der Waals surface area (Å²) in [7, 11) is -4.53. The van der Waals surface area contributed by atoms with Crippen molar-refractivity contribution >= 4 is 25.7 Å². The van der Waals surface area contributed by atoms with Crippen molar-refractivity contribution in [3.63, 3.8) is 0 Å². The van der Waals surface area contributed by atoms with Gasteiger partial charge in [-0.25, -0.2) is 4.57 Å². The quantitative estimate of drug-likeness (QED) is 0.0265. The van der Waals surface area contributed by atoms with Crippen LogP contribution in [0.2, 0.25) is 0 Å². The van der Waals surface area contributed by atoms with Crippen LogP contribution >= 0.6 is 7.82 Å². The number of amides is 1. The fourth-order valence-corrected chi connectivity index (χ4v) is 7.64. The van der Waals surface area contributed by atoms with E-state index in [1.165, 1.54) is 116 Å². The number of allylic oxidation sites excluding steroid dienone is 4. The van der Waals surface area contributed by atoms with E-state index in [9.17, 15) is 23.8 Å². The van der Waals surface area contributed by atoms with E-state index in [0.717, 1.165) is 77.0 Å². The molecule has 0 aromatic heterocycles. The molecule has 2 atom stereocenters. The fraction of sp³-hybridized carbons (Fsp3) is 0.857. The first kappa shape index (κ1) is 58.0. The SMILES string of the molecule is CCCCC/C=C\C/C=C\CCCCCCCC(=O)O[C@H](COC(=O)CCCCCCCCCCCCCCC)COP(=O)(O)OCCNC(=O)CCCCCCCCC. The monoisotopic (exact) mass is 870 g/mol. The van der Waals surface area contributed by atoms with E-state index in [4.69, 9.17) is 18.5 Å². The molecule has 352 valence electrons. The molecule has 2 N–H and O–H groups in total. The summed E-state index contributed by atoms with van der Waals surface area (Å²) in [4.78, 5) is 47.7. The minimum Gasteiger partial charge on any atom is -0.462 e. The summed E-state index contributed by atoms with van der Waals surface area (Å²) in [5.41, 5.74) is 0. The Balaban J connectivity index is 4.56. The second-order valence-electron chi connectivity index (χ2n) is 16.6. The van der Waals surface area contributed by atoms with Gasteiger partial charge in [0.15, 0.2) is 6.10 Å². The van der Waals surface area contributed by atoms with Gasteiger partial charge >= 0.3 is 19.8 Å². The second-order valence-corrected chi connectivity index (χ2v) is 18.0. The number of unbranched alkanes of at least 4 members (excludes halogenated alkanes) is 26. The molecule has 1 unspecified atom stereocenters. The Bertz CT molecular complexity index is 1100. The number of hydrogen-bond acceptors (Lipinski definition) is 8. The number of phosphoric ester groups is 1. The molecule has 1 amide bonds. The lowest BCUT2D eigenvalue weighted by Crippen LogP contribution is -2.30. The lowest BCUT2D eigenvalue weighted by molar-refractivity contribution is -0.161. The summed E-state index contributed by atoms with van der Waals surface area (Å²) >= 11 is 0. The molecule has 0 aliphatic rings. The van der Waals surface area contributed by atoms with Crippen molar-refractivity contribution in [2.24, 2.45) is 0 Å². The Kier molecular flexibility index (Phi) is 43.5. The van der Waals surface area contributed by atoms with E-state index in [1.54, 1.807) is 0 Å². The number of phosphoric acid groups is 1. The van der Waals surface area contributed by atoms with Crippen molar-refractivity contribution in [2.45, 2.75) is 245 Å². The number of nitrogens with one attached hydrogen (secondary N) is 1. The van der Waals surface area contributed by atoms with Gasteiger partial charge in [0, 0.05) is 25.8 Å². The van der Waals surface area contributed by atoms with Crippen molar-refractivity contribution in [3.05, 3.63) is 24.3 Å². The van der Waals surface area contributed by atoms with Crippen LogP contribution in [0.4, 0.5) is 0 Å². The van der Waals surface area contributed by atoms with Crippen molar-refractivity contribution in [1.29, 1.82) is 0 Å². The van der Waals surface area contributed by atoms with Gasteiger partial charge < -0.3 is 19.7 Å². The maximum Gasteiger partial charge on any atom is 0.472 e. The third kappa shape index (κ3) is 44.1. The Morgan fingerprint density at radius 2 is 0.933 bits per heavy atom. The van der Waals surface area contributed by atoms with Gasteiger partial charge in [-0.2, -0.15) is 0 Å². The van der Waals surface area contributed by atoms with Crippen LogP contribution in [0.3, 0.4) is 0 Å². The minimum absolute atomic E-state index is 0.0615. The molecule has 10 nitrogen and oxygen atoms in total. The summed E-state index contributed by atoms with van der Waals surface area (Å²) in [6.45, 7) is 5.74. The lowest BCUT2D eigenvalue weighted by atomic mass is 10.0. The number of carbonyl (C=O) groups excluding carboxylic acids is 3. The van der Waals surface area contributed by atoms with Gasteiger partial charge in [0.25, 0.3) is 0 Å². The van der Waals surface area contributed by atoms with Crippen molar-refractivity contribution < 1.29 is 42.4 Å². The van der Waals surface area contributed by atoms with Crippen LogP contribution in [-0.2, 0) is 37.5 Å². The third-order valence-corrected chi connectivity index (χ3v) is 11.6. The zero-order valence-electron chi connectivity index (χ0n) is 38.9. The normalized spacial score (nSPS) is 13.2. The molecule has 60 heavy (non-hydrogen) atoms. The fourth-order valence-electron chi connectivity index (χ4n) is 6.88. The minimum atomic E-state index is -4.53. The van der Waals surface area contributed by atoms with Crippen LogP contribution in [-0.4, -0.2) is 55.2 Å². The Morgan fingerprint density at radius 3 is 1.45 bits per heavy atom. The molecule has 11 heteroatoms. The number of ether oxygens (including phenoxy) is 2. The first-order chi connectivity index (χ1) is 29.2. The molecular formula is C49H92NO9P. The summed E-state index contributed by atoms with van der Waals surface area (Å²) in [5, 5.41) is 2.71. The molecule has 0 aromatic carbocycles. The van der Waals surface area contributed by atoms with Crippen LogP contribution in [0.1, 0.15) is 239 Å². The topological polar surface area (TPSA) is 137 Å². The number of carbonyl (C=O) groups is 3. The first-order valence-electron chi connectivity index (χ1n) is 24.8. The maximum absolute atomic E-state index is 12.8. The number of esters is 2. The van der Waals surface area contributed by atoms with Crippen molar-refractivity contribution in [1.82, 2.24) is 5.32 Å². The van der Waals surface area contributed by atoms with E-state index in [-0.39, 0.29) is 38.5 Å². The van der Waals surface area contributed by atoms with Gasteiger partial charge in [0.1, 0.15) is 6.61 Å². The standard InChI is InChI=1S/C49H92NO9P/c1-4-7-10-13-16-18-20-22-23-25-27-29-32-35-38-41-49(53)59-46(44-56-48(52)40-37-34-31-28-26-24-21-19-17-14-11-8-5-2)45-58-60(54,55)57-43-42-50-47(51)39-36-33-30-15-12-9-6-3/h16,18,22-23,46H,4-15,17,19-21,24-45H2,1-3H3,(H,50,51)(H,54,55)/b18-16-,23-22-/t46-/m1/s1. The van der Waals surface area contributed by atoms with Crippen LogP contribution in [0.5, 0.6) is 0 Å². The molecule has 0 saturated carbocycles. The smallest absolute Gasteiger partial charge is 0.462 e. The predicted molar refractivity (Wildman–Crippen MR) is 248 cm³/mol. The van der Waals surface area contributed by atoms with Crippen LogP contribution < -0.4 is 5.32 Å². The Morgan fingerprint density at radius 1 is 0.517 bits per heavy atom. The Labute approximate surface area is 368 Å². The highest BCUT2D eigenvalue weighted by Gasteiger charge is 2.26. The van der Waals surface area contributed by atoms with E-state index in [1.807, 2.05) is 0 Å². The van der Waals surface area contributed by atoms with Gasteiger partial charge in [-0.15, -0.1) is 0 Å². The zero-order chi connectivity index (χ0) is 44.0. The van der Waals surface area contributed by atoms with E-state index >= 15 is 0 Å². The predicted octanol–water partition coefficient (Wildman–Crippen LogP) is 14.1. The average Bonchev–Trinajstić information content (AvgIpc) is 3.23. The summed E-state index contributed by atoms with van der Waals surface area (Å²) in [6.07, 6.45) is 44.1. The molecule has 0 aliphatic heterocycles. The molecule has 0 saturated heterocycles. The van der Waals surface area contributed by atoms with Gasteiger partial charge in [0.05, 0.1) is 13.2 Å². The van der Waals surface area contributed by atoms with E-state index < -0.39 is 32.5 Å². The molecular weight excluding hydrogens is 778 g/mol. The van der Waals surface area contributed by atoms with Gasteiger partial charge in [-0.1, -0.05) is 193 Å². The van der Waals surface area contributed by atoms with Crippen molar-refractivity contribution in [2.75, 3.05) is 26.4 Å². The largest absolute Gasteiger partial charge is 0.472 e. The lowest BCUT2D eigenvalue weighted by Gasteiger charge is -2.20. The molecule has 0 fully saturated rings. The maximum atomic E-state index is 12.8. The summed E-state index contributed by atoms with van der Waals surface area (Å²) in [6, 6.07) is 0. The second kappa shape index (κ2) is 45.0. The molecule has 0 spiro atoms. The highest BCUT2D eigenvalue weighted by Crippen LogP contribution is 2.43. The zero-order valence-corrected chi connectivity index (χ0v) is 39.8. The molecule has 0 aliphatic carbocycles. The molecule has 0 heterocycles. The first-order valence-corrected chi connectivity index (χ1v) is 26.3. The van der Waals surface area contributed by atoms with Gasteiger partial charge in [0.2, 0.25) is 5.91 Å². The summed E-state index contributed by atoms with van der Waals surface area (Å²) in [5.74, 6) is -1.000. The third-order valence-electron chi connectivity index (χ3n) is 10.7. The van der Waals surface area contributed by atoms with Gasteiger partial charge in [-0.3, -0.25) is 23.4 Å². The van der Waals surface area contributed by atoms with E-state index in [0.29, 0.717) is 12.8 Å². The summed E-state index contributed by atoms with van der Waals surface area (Å²) < 4.78 is 33.8. The molecule has 0 bridgehead atoms. The average molecular weight is 870 g/mol. The van der Waals surface area contributed by atoms with Crippen LogP contribution in [0.15, 0.2) is 24.3 Å². The highest BCUT2D eigenvalue weighted by atomic mass is 31.2. The highest BCUT2D eigenvalue weighted by molar-refractivity contribution is 7.47.